The van der Waals surface area contributed by atoms with Crippen molar-refractivity contribution in [1.82, 2.24) is 15.4 Å². The number of rotatable bonds is 2. The second-order valence-corrected chi connectivity index (χ2v) is 6.48. The van der Waals surface area contributed by atoms with Crippen molar-refractivity contribution in [3.63, 3.8) is 0 Å². The highest BCUT2D eigenvalue weighted by molar-refractivity contribution is 6.36. The number of hydrazine groups is 1. The average Bonchev–Trinajstić information content (AvgIpc) is 2.64. The number of nitrogens with zero attached hydrogens (tertiary/aromatic N) is 1. The van der Waals surface area contributed by atoms with E-state index in [9.17, 15) is 19.5 Å². The van der Waals surface area contributed by atoms with Gasteiger partial charge in [0.05, 0.1) is 16.1 Å². The van der Waals surface area contributed by atoms with Crippen LogP contribution in [0.15, 0.2) is 47.3 Å². The van der Waals surface area contributed by atoms with Crippen LogP contribution in [0.4, 0.5) is 0 Å². The predicted molar refractivity (Wildman–Crippen MR) is 102 cm³/mol. The predicted octanol–water partition coefficient (Wildman–Crippen LogP) is 2.63. The molecule has 0 bridgehead atoms. The van der Waals surface area contributed by atoms with Crippen molar-refractivity contribution in [3.8, 4) is 5.75 Å². The summed E-state index contributed by atoms with van der Waals surface area (Å²) in [5.41, 5.74) is 3.62. The van der Waals surface area contributed by atoms with Gasteiger partial charge in [-0.2, -0.15) is 0 Å². The van der Waals surface area contributed by atoms with Gasteiger partial charge in [-0.25, -0.2) is 0 Å². The standard InChI is InChI=1S/C18H13Cl2N3O4/c1-23-13-5-3-2-4-11(13)15(24)14(18(23)27)17(26)22-21-16(25)10-7-6-9(19)8-12(10)20/h2-8,24H,1H3,(H,21,25)(H,22,26). The lowest BCUT2D eigenvalue weighted by Gasteiger charge is -2.12. The van der Waals surface area contributed by atoms with Crippen molar-refractivity contribution in [3.05, 3.63) is 74.0 Å². The normalized spacial score (nSPS) is 10.6. The van der Waals surface area contributed by atoms with E-state index in [0.717, 1.165) is 0 Å². The molecule has 9 heteroatoms. The van der Waals surface area contributed by atoms with E-state index in [1.807, 2.05) is 0 Å². The number of aryl methyl sites for hydroxylation is 1. The van der Waals surface area contributed by atoms with Crippen LogP contribution in [0.5, 0.6) is 5.75 Å². The number of para-hydroxylation sites is 1. The Kier molecular flexibility index (Phi) is 5.07. The third-order valence-electron chi connectivity index (χ3n) is 3.97. The first kappa shape index (κ1) is 18.8. The van der Waals surface area contributed by atoms with E-state index in [1.54, 1.807) is 24.3 Å². The van der Waals surface area contributed by atoms with Gasteiger partial charge in [0.15, 0.2) is 0 Å². The number of aromatic nitrogens is 1. The highest BCUT2D eigenvalue weighted by Crippen LogP contribution is 2.25. The summed E-state index contributed by atoms with van der Waals surface area (Å²) in [6.45, 7) is 0. The minimum atomic E-state index is -0.961. The van der Waals surface area contributed by atoms with Crippen LogP contribution in [0.1, 0.15) is 20.7 Å². The van der Waals surface area contributed by atoms with Crippen LogP contribution >= 0.6 is 23.2 Å². The Morgan fingerprint density at radius 3 is 2.41 bits per heavy atom. The molecule has 2 amide bonds. The molecular weight excluding hydrogens is 393 g/mol. The Morgan fingerprint density at radius 1 is 1.04 bits per heavy atom. The van der Waals surface area contributed by atoms with Gasteiger partial charge >= 0.3 is 0 Å². The van der Waals surface area contributed by atoms with E-state index in [4.69, 9.17) is 23.2 Å². The first-order valence-corrected chi connectivity index (χ1v) is 8.43. The minimum absolute atomic E-state index is 0.0806. The third kappa shape index (κ3) is 3.47. The van der Waals surface area contributed by atoms with Crippen LogP contribution < -0.4 is 16.4 Å². The highest BCUT2D eigenvalue weighted by Gasteiger charge is 2.22. The molecule has 0 fully saturated rings. The molecule has 2 aromatic carbocycles. The van der Waals surface area contributed by atoms with Crippen LogP contribution in [0.2, 0.25) is 10.0 Å². The van der Waals surface area contributed by atoms with Gasteiger partial charge in [0.1, 0.15) is 11.3 Å². The lowest BCUT2D eigenvalue weighted by Crippen LogP contribution is -2.44. The molecule has 0 aliphatic heterocycles. The van der Waals surface area contributed by atoms with Crippen molar-refractivity contribution in [1.29, 1.82) is 0 Å². The van der Waals surface area contributed by atoms with E-state index in [0.29, 0.717) is 15.9 Å². The quantitative estimate of drug-likeness (QED) is 0.570. The molecule has 0 aliphatic rings. The Balaban J connectivity index is 1.89. The summed E-state index contributed by atoms with van der Waals surface area (Å²) < 4.78 is 1.24. The molecule has 1 aromatic heterocycles. The molecule has 3 rings (SSSR count). The lowest BCUT2D eigenvalue weighted by molar-refractivity contribution is 0.0844. The number of amides is 2. The second kappa shape index (κ2) is 7.30. The Morgan fingerprint density at radius 2 is 1.70 bits per heavy atom. The SMILES string of the molecule is Cn1c(=O)c(C(=O)NNC(=O)c2ccc(Cl)cc2Cl)c(O)c2ccccc21. The van der Waals surface area contributed by atoms with Gasteiger partial charge in [-0.15, -0.1) is 0 Å². The molecule has 7 nitrogen and oxygen atoms in total. The van der Waals surface area contributed by atoms with E-state index >= 15 is 0 Å². The molecule has 0 aliphatic carbocycles. The lowest BCUT2D eigenvalue weighted by atomic mass is 10.1. The maximum Gasteiger partial charge on any atom is 0.279 e. The number of nitrogens with one attached hydrogen (secondary N) is 2. The third-order valence-corrected chi connectivity index (χ3v) is 4.52. The zero-order valence-electron chi connectivity index (χ0n) is 13.9. The highest BCUT2D eigenvalue weighted by atomic mass is 35.5. The van der Waals surface area contributed by atoms with Gasteiger partial charge < -0.3 is 9.67 Å². The number of hydrogen-bond donors (Lipinski definition) is 3. The molecule has 3 N–H and O–H groups in total. The number of fused-ring (bicyclic) bond motifs is 1. The summed E-state index contributed by atoms with van der Waals surface area (Å²) in [5, 5.41) is 11.1. The van der Waals surface area contributed by atoms with Crippen LogP contribution in [-0.4, -0.2) is 21.5 Å². The van der Waals surface area contributed by atoms with E-state index < -0.39 is 28.7 Å². The molecule has 1 heterocycles. The monoisotopic (exact) mass is 405 g/mol. The van der Waals surface area contributed by atoms with Gasteiger partial charge in [0, 0.05) is 17.5 Å². The van der Waals surface area contributed by atoms with Crippen molar-refractivity contribution < 1.29 is 14.7 Å². The number of carbonyl (C=O) groups excluding carboxylic acids is 2. The molecule has 0 atom stereocenters. The Labute approximate surface area is 163 Å². The molecule has 0 saturated heterocycles. The second-order valence-electron chi connectivity index (χ2n) is 5.64. The maximum atomic E-state index is 12.4. The van der Waals surface area contributed by atoms with Crippen LogP contribution in [0, 0.1) is 0 Å². The zero-order valence-corrected chi connectivity index (χ0v) is 15.4. The van der Waals surface area contributed by atoms with E-state index in [1.165, 1.54) is 29.8 Å². The van der Waals surface area contributed by atoms with E-state index in [2.05, 4.69) is 10.9 Å². The minimum Gasteiger partial charge on any atom is -0.506 e. The number of hydrogen-bond acceptors (Lipinski definition) is 4. The van der Waals surface area contributed by atoms with Crippen molar-refractivity contribution in [2.75, 3.05) is 0 Å². The number of benzene rings is 2. The largest absolute Gasteiger partial charge is 0.506 e. The summed E-state index contributed by atoms with van der Waals surface area (Å²) in [7, 11) is 1.48. The summed E-state index contributed by atoms with van der Waals surface area (Å²) in [6.07, 6.45) is 0. The zero-order chi connectivity index (χ0) is 19.7. The van der Waals surface area contributed by atoms with Crippen molar-refractivity contribution >= 4 is 45.9 Å². The summed E-state index contributed by atoms with van der Waals surface area (Å²) in [4.78, 5) is 37.0. The van der Waals surface area contributed by atoms with E-state index in [-0.39, 0.29) is 10.6 Å². The van der Waals surface area contributed by atoms with Crippen LogP contribution in [0.25, 0.3) is 10.9 Å². The fraction of sp³-hybridized carbons (Fsp3) is 0.0556. The molecule has 27 heavy (non-hydrogen) atoms. The molecular formula is C18H13Cl2N3O4. The van der Waals surface area contributed by atoms with Gasteiger partial charge in [0.2, 0.25) is 0 Å². The average molecular weight is 406 g/mol. The molecule has 138 valence electrons. The maximum absolute atomic E-state index is 12.4. The number of carbonyl (C=O) groups is 2. The molecule has 3 aromatic rings. The Bertz CT molecular complexity index is 1140. The van der Waals surface area contributed by atoms with Crippen molar-refractivity contribution in [2.24, 2.45) is 7.05 Å². The number of pyridine rings is 1. The molecule has 0 unspecified atom stereocenters. The number of halogens is 2. The summed E-state index contributed by atoms with van der Waals surface area (Å²) in [6, 6.07) is 10.8. The summed E-state index contributed by atoms with van der Waals surface area (Å²) >= 11 is 11.7. The van der Waals surface area contributed by atoms with Crippen LogP contribution in [0.3, 0.4) is 0 Å². The van der Waals surface area contributed by atoms with Gasteiger partial charge in [-0.1, -0.05) is 35.3 Å². The first-order chi connectivity index (χ1) is 12.8. The molecule has 0 spiro atoms. The van der Waals surface area contributed by atoms with Crippen LogP contribution in [-0.2, 0) is 7.05 Å². The smallest absolute Gasteiger partial charge is 0.279 e. The first-order valence-electron chi connectivity index (χ1n) is 7.67. The molecule has 0 radical (unpaired) electrons. The van der Waals surface area contributed by atoms with Crippen molar-refractivity contribution in [2.45, 2.75) is 0 Å². The van der Waals surface area contributed by atoms with Gasteiger partial charge in [-0.3, -0.25) is 25.2 Å². The number of aromatic hydroxyl groups is 1. The topological polar surface area (TPSA) is 100 Å². The van der Waals surface area contributed by atoms with Gasteiger partial charge in [0.25, 0.3) is 17.4 Å². The fourth-order valence-electron chi connectivity index (χ4n) is 2.60. The van der Waals surface area contributed by atoms with Gasteiger partial charge in [-0.05, 0) is 30.3 Å². The fourth-order valence-corrected chi connectivity index (χ4v) is 3.10. The Hall–Kier alpha value is -3.03. The molecule has 0 saturated carbocycles. The summed E-state index contributed by atoms with van der Waals surface area (Å²) in [5.74, 6) is -2.13.